The highest BCUT2D eigenvalue weighted by Crippen LogP contribution is 2.22. The van der Waals surface area contributed by atoms with Gasteiger partial charge in [0.25, 0.3) is 0 Å². The van der Waals surface area contributed by atoms with E-state index in [1.165, 1.54) is 0 Å². The summed E-state index contributed by atoms with van der Waals surface area (Å²) in [5.74, 6) is 0. The van der Waals surface area contributed by atoms with E-state index in [1.54, 1.807) is 12.1 Å². The van der Waals surface area contributed by atoms with Crippen molar-refractivity contribution in [2.45, 2.75) is 10.9 Å². The Labute approximate surface area is 149 Å². The van der Waals surface area contributed by atoms with Crippen LogP contribution >= 0.6 is 0 Å². The molecule has 130 valence electrons. The summed E-state index contributed by atoms with van der Waals surface area (Å²) in [5, 5.41) is 1.93. The Morgan fingerprint density at radius 1 is 0.880 bits per heavy atom. The van der Waals surface area contributed by atoms with E-state index in [0.717, 1.165) is 16.3 Å². The lowest BCUT2D eigenvalue weighted by atomic mass is 10.1. The Balaban J connectivity index is 1.93. The lowest BCUT2D eigenvalue weighted by Gasteiger charge is -2.23. The quantitative estimate of drug-likeness (QED) is 0.738. The van der Waals surface area contributed by atoms with E-state index in [0.29, 0.717) is 6.54 Å². The Bertz CT molecular complexity index is 954. The minimum absolute atomic E-state index is 0.283. The van der Waals surface area contributed by atoms with Gasteiger partial charge in [0, 0.05) is 6.54 Å². The molecule has 0 aliphatic heterocycles. The maximum Gasteiger partial charge on any atom is 0.241 e. The van der Waals surface area contributed by atoms with Crippen LogP contribution in [0, 0.1) is 0 Å². The summed E-state index contributed by atoms with van der Waals surface area (Å²) in [6.07, 6.45) is 0. The number of hydrogen-bond donors (Lipinski definition) is 1. The molecular formula is C20H22N2O2S. The number of benzene rings is 3. The second-order valence-corrected chi connectivity index (χ2v) is 8.07. The van der Waals surface area contributed by atoms with Gasteiger partial charge in [-0.05, 0) is 42.6 Å². The van der Waals surface area contributed by atoms with Gasteiger partial charge in [-0.3, -0.25) is 0 Å². The number of hydrogen-bond acceptors (Lipinski definition) is 3. The molecule has 0 heterocycles. The molecule has 0 amide bonds. The first-order valence-electron chi connectivity index (χ1n) is 8.16. The zero-order chi connectivity index (χ0) is 17.9. The molecule has 0 bridgehead atoms. The van der Waals surface area contributed by atoms with Crippen molar-refractivity contribution in [3.05, 3.63) is 78.4 Å². The molecule has 1 atom stereocenters. The molecule has 1 N–H and O–H groups in total. The number of sulfonamides is 1. The topological polar surface area (TPSA) is 49.4 Å². The van der Waals surface area contributed by atoms with E-state index < -0.39 is 10.0 Å². The molecule has 0 fully saturated rings. The molecule has 0 saturated heterocycles. The normalized spacial score (nSPS) is 13.2. The van der Waals surface area contributed by atoms with Gasteiger partial charge in [-0.1, -0.05) is 60.7 Å². The molecule has 0 aromatic heterocycles. The van der Waals surface area contributed by atoms with Crippen molar-refractivity contribution in [3.63, 3.8) is 0 Å². The molecule has 4 nitrogen and oxygen atoms in total. The van der Waals surface area contributed by atoms with Crippen LogP contribution in [-0.2, 0) is 10.0 Å². The fourth-order valence-corrected chi connectivity index (χ4v) is 4.10. The van der Waals surface area contributed by atoms with Crippen LogP contribution in [0.2, 0.25) is 0 Å². The molecule has 3 aromatic rings. The van der Waals surface area contributed by atoms with Gasteiger partial charge in [0.2, 0.25) is 10.0 Å². The highest BCUT2D eigenvalue weighted by molar-refractivity contribution is 7.89. The molecule has 5 heteroatoms. The Morgan fingerprint density at radius 3 is 2.20 bits per heavy atom. The summed E-state index contributed by atoms with van der Waals surface area (Å²) in [7, 11) is 0.240. The van der Waals surface area contributed by atoms with Crippen molar-refractivity contribution in [3.8, 4) is 0 Å². The van der Waals surface area contributed by atoms with Gasteiger partial charge < -0.3 is 4.90 Å². The number of nitrogens with one attached hydrogen (secondary N) is 1. The highest BCUT2D eigenvalue weighted by atomic mass is 32.2. The lowest BCUT2D eigenvalue weighted by molar-refractivity contribution is 0.363. The number of fused-ring (bicyclic) bond motifs is 1. The van der Waals surface area contributed by atoms with Gasteiger partial charge in [-0.25, -0.2) is 13.1 Å². The van der Waals surface area contributed by atoms with Gasteiger partial charge in [-0.2, -0.15) is 0 Å². The maximum atomic E-state index is 12.9. The third-order valence-electron chi connectivity index (χ3n) is 4.08. The van der Waals surface area contributed by atoms with E-state index in [2.05, 4.69) is 4.72 Å². The predicted octanol–water partition coefficient (Wildman–Crippen LogP) is 3.42. The standard InChI is InChI=1S/C20H22N2O2S/c1-22(2)15-20(17-9-4-3-5-10-17)21-25(23,24)19-13-12-16-8-6-7-11-18(16)14-19/h3-14,20-21H,15H2,1-2H3/t20-/m0/s1. The minimum Gasteiger partial charge on any atom is -0.307 e. The van der Waals surface area contributed by atoms with Crippen LogP contribution in [0.15, 0.2) is 77.7 Å². The first-order valence-corrected chi connectivity index (χ1v) is 9.65. The van der Waals surface area contributed by atoms with E-state index in [9.17, 15) is 8.42 Å². The molecule has 3 rings (SSSR count). The average Bonchev–Trinajstić information content (AvgIpc) is 2.61. The van der Waals surface area contributed by atoms with Gasteiger partial charge in [0.1, 0.15) is 0 Å². The molecule has 0 radical (unpaired) electrons. The van der Waals surface area contributed by atoms with E-state index in [4.69, 9.17) is 0 Å². The SMILES string of the molecule is CN(C)C[C@H](NS(=O)(=O)c1ccc2ccccc2c1)c1ccccc1. The van der Waals surface area contributed by atoms with E-state index >= 15 is 0 Å². The largest absolute Gasteiger partial charge is 0.307 e. The van der Waals surface area contributed by atoms with Crippen molar-refractivity contribution in [1.29, 1.82) is 0 Å². The summed E-state index contributed by atoms with van der Waals surface area (Å²) in [5.41, 5.74) is 0.945. The number of likely N-dealkylation sites (N-methyl/N-ethyl adjacent to an activating group) is 1. The van der Waals surface area contributed by atoms with Crippen molar-refractivity contribution in [2.24, 2.45) is 0 Å². The van der Waals surface area contributed by atoms with Gasteiger partial charge in [0.15, 0.2) is 0 Å². The molecule has 0 aliphatic carbocycles. The van der Waals surface area contributed by atoms with Crippen LogP contribution in [0.3, 0.4) is 0 Å². The molecular weight excluding hydrogens is 332 g/mol. The van der Waals surface area contributed by atoms with Gasteiger partial charge in [0.05, 0.1) is 10.9 Å². The van der Waals surface area contributed by atoms with Crippen LogP contribution < -0.4 is 4.72 Å². The zero-order valence-corrected chi connectivity index (χ0v) is 15.2. The van der Waals surface area contributed by atoms with Crippen LogP contribution in [0.5, 0.6) is 0 Å². The molecule has 0 spiro atoms. The number of rotatable bonds is 6. The van der Waals surface area contributed by atoms with E-state index in [-0.39, 0.29) is 10.9 Å². The third-order valence-corrected chi connectivity index (χ3v) is 5.55. The van der Waals surface area contributed by atoms with Gasteiger partial charge >= 0.3 is 0 Å². The van der Waals surface area contributed by atoms with Crippen LogP contribution in [-0.4, -0.2) is 34.0 Å². The smallest absolute Gasteiger partial charge is 0.241 e. The minimum atomic E-state index is -3.62. The van der Waals surface area contributed by atoms with Crippen LogP contribution in [0.1, 0.15) is 11.6 Å². The first kappa shape index (κ1) is 17.6. The van der Waals surface area contributed by atoms with Crippen LogP contribution in [0.25, 0.3) is 10.8 Å². The van der Waals surface area contributed by atoms with Crippen molar-refractivity contribution < 1.29 is 8.42 Å². The second-order valence-electron chi connectivity index (χ2n) is 6.36. The molecule has 0 unspecified atom stereocenters. The Kier molecular flexibility index (Phi) is 5.18. The monoisotopic (exact) mass is 354 g/mol. The summed E-state index contributed by atoms with van der Waals surface area (Å²) >= 11 is 0. The average molecular weight is 354 g/mol. The summed E-state index contributed by atoms with van der Waals surface area (Å²) in [6.45, 7) is 0.580. The Hall–Kier alpha value is -2.21. The molecule has 0 aliphatic rings. The predicted molar refractivity (Wildman–Crippen MR) is 102 cm³/mol. The second kappa shape index (κ2) is 7.35. The molecule has 0 saturated carbocycles. The van der Waals surface area contributed by atoms with E-state index in [1.807, 2.05) is 79.7 Å². The summed E-state index contributed by atoms with van der Waals surface area (Å²) < 4.78 is 28.7. The number of nitrogens with zero attached hydrogens (tertiary/aromatic N) is 1. The van der Waals surface area contributed by atoms with Gasteiger partial charge in [-0.15, -0.1) is 0 Å². The molecule has 25 heavy (non-hydrogen) atoms. The summed E-state index contributed by atoms with van der Waals surface area (Å²) in [4.78, 5) is 2.26. The van der Waals surface area contributed by atoms with Crippen molar-refractivity contribution in [1.82, 2.24) is 9.62 Å². The first-order chi connectivity index (χ1) is 12.0. The fourth-order valence-electron chi connectivity index (χ4n) is 2.85. The highest BCUT2D eigenvalue weighted by Gasteiger charge is 2.22. The lowest BCUT2D eigenvalue weighted by Crippen LogP contribution is -2.35. The van der Waals surface area contributed by atoms with Crippen LogP contribution in [0.4, 0.5) is 0 Å². The van der Waals surface area contributed by atoms with Crippen molar-refractivity contribution >= 4 is 20.8 Å². The Morgan fingerprint density at radius 2 is 1.52 bits per heavy atom. The maximum absolute atomic E-state index is 12.9. The summed E-state index contributed by atoms with van der Waals surface area (Å²) in [6, 6.07) is 22.3. The molecule has 3 aromatic carbocycles. The fraction of sp³-hybridized carbons (Fsp3) is 0.200. The zero-order valence-electron chi connectivity index (χ0n) is 14.4. The third kappa shape index (κ3) is 4.25. The van der Waals surface area contributed by atoms with Crippen molar-refractivity contribution in [2.75, 3.05) is 20.6 Å².